The van der Waals surface area contributed by atoms with Crippen molar-refractivity contribution in [2.75, 3.05) is 27.7 Å². The first-order valence-corrected chi connectivity index (χ1v) is 25.3. The first-order chi connectivity index (χ1) is 32.5. The lowest BCUT2D eigenvalue weighted by Crippen LogP contribution is -2.60. The molecule has 0 saturated carbocycles. The zero-order valence-electron chi connectivity index (χ0n) is 43.8. The minimum absolute atomic E-state index is 0.0180. The fraction of sp³-hybridized carbons (Fsp3) is 0.731. The molecule has 1 unspecified atom stereocenters. The van der Waals surface area contributed by atoms with E-state index in [2.05, 4.69) is 16.0 Å². The Kier molecular flexibility index (Phi) is 23.4. The van der Waals surface area contributed by atoms with Crippen LogP contribution in [0.3, 0.4) is 0 Å². The summed E-state index contributed by atoms with van der Waals surface area (Å²) in [5, 5.41) is 8.74. The van der Waals surface area contributed by atoms with Crippen LogP contribution < -0.4 is 20.7 Å². The van der Waals surface area contributed by atoms with Crippen molar-refractivity contribution in [2.45, 2.75) is 195 Å². The van der Waals surface area contributed by atoms with E-state index in [9.17, 15) is 38.4 Å². The Balaban J connectivity index is 2.21. The molecule has 69 heavy (non-hydrogen) atoms. The van der Waals surface area contributed by atoms with Crippen molar-refractivity contribution in [1.82, 2.24) is 30.7 Å². The van der Waals surface area contributed by atoms with Gasteiger partial charge in [-0.1, -0.05) is 93.7 Å². The molecule has 3 N–H and O–H groups in total. The van der Waals surface area contributed by atoms with E-state index in [1.807, 2.05) is 48.5 Å². The highest BCUT2D eigenvalue weighted by Crippen LogP contribution is 2.26. The predicted octanol–water partition coefficient (Wildman–Crippen LogP) is 5.35. The molecule has 17 heteroatoms. The fourth-order valence-electron chi connectivity index (χ4n) is 8.95. The molecule has 17 nitrogen and oxygen atoms in total. The van der Waals surface area contributed by atoms with Crippen LogP contribution in [0.5, 0.6) is 5.75 Å². The number of nitrogens with zero attached hydrogens (tertiary/aromatic N) is 3. The lowest BCUT2D eigenvalue weighted by molar-refractivity contribution is -0.162. The average Bonchev–Trinajstić information content (AvgIpc) is 3.80. The van der Waals surface area contributed by atoms with Gasteiger partial charge in [-0.3, -0.25) is 33.6 Å². The molecule has 2 heterocycles. The van der Waals surface area contributed by atoms with Crippen molar-refractivity contribution in [3.8, 4) is 5.75 Å². The summed E-state index contributed by atoms with van der Waals surface area (Å²) in [5.41, 5.74) is 0.660. The molecule has 0 aromatic heterocycles. The third-order valence-electron chi connectivity index (χ3n) is 13.5. The summed E-state index contributed by atoms with van der Waals surface area (Å²) in [6.07, 6.45) is 1.92. The number of esters is 2. The molecule has 388 valence electrons. The molecule has 2 aliphatic rings. The largest absolute Gasteiger partial charge is 0.497 e. The number of ether oxygens (including phenoxy) is 3. The van der Waals surface area contributed by atoms with Gasteiger partial charge in [-0.25, -0.2) is 4.79 Å². The maximum Gasteiger partial charge on any atom is 0.329 e. The summed E-state index contributed by atoms with van der Waals surface area (Å²) in [5.74, 6) is -4.85. The summed E-state index contributed by atoms with van der Waals surface area (Å²) in [6.45, 7) is 18.7. The molecular formula is C52H84N6O11. The second-order valence-corrected chi connectivity index (χ2v) is 20.3. The highest BCUT2D eigenvalue weighted by atomic mass is 16.6. The van der Waals surface area contributed by atoms with E-state index in [1.165, 1.54) is 35.8 Å². The van der Waals surface area contributed by atoms with Gasteiger partial charge in [-0.2, -0.15) is 0 Å². The second kappa shape index (κ2) is 27.8. The number of amides is 6. The molecule has 3 rings (SSSR count). The van der Waals surface area contributed by atoms with Crippen molar-refractivity contribution < 1.29 is 52.6 Å². The van der Waals surface area contributed by atoms with Gasteiger partial charge < -0.3 is 44.9 Å². The third-order valence-corrected chi connectivity index (χ3v) is 13.5. The molecule has 9 atom stereocenters. The quantitative estimate of drug-likeness (QED) is 0.134. The molecule has 1 aromatic rings. The Bertz CT molecular complexity index is 1890. The molecule has 0 bridgehead atoms. The van der Waals surface area contributed by atoms with Crippen molar-refractivity contribution >= 4 is 47.4 Å². The van der Waals surface area contributed by atoms with Crippen LogP contribution in [0.25, 0.3) is 0 Å². The molecule has 2 aliphatic heterocycles. The van der Waals surface area contributed by atoms with E-state index in [-0.39, 0.29) is 68.7 Å². The Hall–Kier alpha value is -5.22. The van der Waals surface area contributed by atoms with Gasteiger partial charge in [0, 0.05) is 45.9 Å². The Morgan fingerprint density at radius 2 is 1.55 bits per heavy atom. The summed E-state index contributed by atoms with van der Waals surface area (Å²) in [7, 11) is 4.58. The number of cyclic esters (lactones) is 2. The number of rotatable bonds is 17. The van der Waals surface area contributed by atoms with Gasteiger partial charge in [-0.05, 0) is 86.8 Å². The number of likely N-dealkylation sites (N-methyl/N-ethyl adjacent to an activating group) is 2. The Labute approximate surface area is 411 Å². The smallest absolute Gasteiger partial charge is 0.329 e. The van der Waals surface area contributed by atoms with Gasteiger partial charge >= 0.3 is 11.9 Å². The number of methoxy groups -OCH3 is 1. The van der Waals surface area contributed by atoms with E-state index < -0.39 is 95.9 Å². The van der Waals surface area contributed by atoms with Crippen LogP contribution in [-0.4, -0.2) is 138 Å². The molecule has 0 aliphatic carbocycles. The average molecular weight is 969 g/mol. The first-order valence-electron chi connectivity index (χ1n) is 25.3. The minimum atomic E-state index is -1.50. The highest BCUT2D eigenvalue weighted by Gasteiger charge is 2.44. The topological polar surface area (TPSA) is 210 Å². The second-order valence-electron chi connectivity index (χ2n) is 20.3. The van der Waals surface area contributed by atoms with E-state index in [0.29, 0.717) is 37.0 Å². The number of hydrogen-bond donors (Lipinski definition) is 3. The van der Waals surface area contributed by atoms with E-state index in [1.54, 1.807) is 45.2 Å². The van der Waals surface area contributed by atoms with Crippen LogP contribution in [0.1, 0.15) is 145 Å². The number of nitrogens with one attached hydrogen (secondary N) is 3. The molecule has 2 saturated heterocycles. The Morgan fingerprint density at radius 3 is 2.13 bits per heavy atom. The van der Waals surface area contributed by atoms with Crippen LogP contribution in [0.2, 0.25) is 0 Å². The van der Waals surface area contributed by atoms with E-state index >= 15 is 0 Å². The fourth-order valence-corrected chi connectivity index (χ4v) is 8.95. The number of carbonyl (C=O) groups excluding carboxylic acids is 8. The van der Waals surface area contributed by atoms with Crippen LogP contribution in [0.15, 0.2) is 24.3 Å². The zero-order chi connectivity index (χ0) is 51.7. The lowest BCUT2D eigenvalue weighted by Gasteiger charge is -2.35. The number of benzene rings is 1. The summed E-state index contributed by atoms with van der Waals surface area (Å²) in [4.78, 5) is 118. The van der Waals surface area contributed by atoms with Crippen LogP contribution in [0, 0.1) is 23.7 Å². The van der Waals surface area contributed by atoms with Crippen molar-refractivity contribution in [2.24, 2.45) is 23.7 Å². The highest BCUT2D eigenvalue weighted by molar-refractivity contribution is 5.96. The molecule has 2 fully saturated rings. The summed E-state index contributed by atoms with van der Waals surface area (Å²) < 4.78 is 17.4. The van der Waals surface area contributed by atoms with Gasteiger partial charge in [-0.15, -0.1) is 0 Å². The normalized spacial score (nSPS) is 24.7. The number of carbonyl (C=O) groups is 8. The van der Waals surface area contributed by atoms with Gasteiger partial charge in [0.25, 0.3) is 5.91 Å². The third kappa shape index (κ3) is 17.0. The predicted molar refractivity (Wildman–Crippen MR) is 262 cm³/mol. The van der Waals surface area contributed by atoms with Crippen molar-refractivity contribution in [3.63, 3.8) is 0 Å². The molecule has 1 aromatic carbocycles. The maximum atomic E-state index is 14.8. The van der Waals surface area contributed by atoms with Crippen molar-refractivity contribution in [3.05, 3.63) is 29.8 Å². The monoisotopic (exact) mass is 969 g/mol. The van der Waals surface area contributed by atoms with Crippen molar-refractivity contribution in [1.29, 1.82) is 0 Å². The number of unbranched alkanes of at least 4 members (excludes halogenated alkanes) is 2. The van der Waals surface area contributed by atoms with Crippen LogP contribution in [0.4, 0.5) is 0 Å². The maximum absolute atomic E-state index is 14.8. The van der Waals surface area contributed by atoms with Gasteiger partial charge in [0.15, 0.2) is 6.10 Å². The number of hydrogen-bond acceptors (Lipinski definition) is 11. The standard InChI is InChI=1S/C52H84N6O11/c1-14-16-17-20-43(59)56(11)41(29-32(5)6)47(61)55-45-35(10)68-52(66)42(30-36-21-23-37(67-13)24-22-36)57(12)51(65)40-19-18-27-58(40)50(64)39(28-31(3)4)54-49(63)46(33(7)8)69-44(60)26-25-38(34(9)15-2)53-48(45)62/h21-24,31-35,38-42,45-46H,14-20,25-30H2,1-13H3,(H,53,62)(H,54,63)(H,55,61)/t34-,35+,38-,39-,40-,41+,42-,45?,46-/m0/s1. The summed E-state index contributed by atoms with van der Waals surface area (Å²) >= 11 is 0. The van der Waals surface area contributed by atoms with Gasteiger partial charge in [0.2, 0.25) is 29.5 Å². The van der Waals surface area contributed by atoms with E-state index in [0.717, 1.165) is 12.8 Å². The molecule has 0 spiro atoms. The number of fused-ring (bicyclic) bond motifs is 1. The van der Waals surface area contributed by atoms with Crippen LogP contribution in [-0.2, 0) is 54.3 Å². The van der Waals surface area contributed by atoms with Crippen LogP contribution >= 0.6 is 0 Å². The SMILES string of the molecule is CCCCCC(=O)N(C)[C@H](CC(C)C)C(=O)NC1C(=O)N[C@H]([C@@H](C)CC)CCC(=O)O[C@@H](C(C)C)C(=O)N[C@@H](CC(C)C)C(=O)N2CCC[C@H]2C(=O)N(C)[C@@H](Cc2ccc(OC)cc2)C(=O)O[C@@H]1C. The molecule has 6 amide bonds. The molecule has 0 radical (unpaired) electrons. The minimum Gasteiger partial charge on any atom is -0.497 e. The molecular weight excluding hydrogens is 885 g/mol. The van der Waals surface area contributed by atoms with Gasteiger partial charge in [0.1, 0.15) is 42.1 Å². The Morgan fingerprint density at radius 1 is 0.884 bits per heavy atom. The first kappa shape index (κ1) is 58.1. The summed E-state index contributed by atoms with van der Waals surface area (Å²) in [6, 6.07) is 0.585. The lowest BCUT2D eigenvalue weighted by atomic mass is 9.94. The van der Waals surface area contributed by atoms with E-state index in [4.69, 9.17) is 14.2 Å². The van der Waals surface area contributed by atoms with Gasteiger partial charge in [0.05, 0.1) is 7.11 Å². The zero-order valence-corrected chi connectivity index (χ0v) is 43.8.